The van der Waals surface area contributed by atoms with Crippen LogP contribution in [0.2, 0.25) is 0 Å². The highest BCUT2D eigenvalue weighted by Gasteiger charge is 2.22. The lowest BCUT2D eigenvalue weighted by molar-refractivity contribution is 0.0690. The second-order valence-corrected chi connectivity index (χ2v) is 7.90. The molecule has 152 valence electrons. The van der Waals surface area contributed by atoms with Crippen molar-refractivity contribution < 1.29 is 19.0 Å². The first-order valence-electron chi connectivity index (χ1n) is 9.62. The topological polar surface area (TPSA) is 59.4 Å². The third-order valence-electron chi connectivity index (χ3n) is 5.11. The van der Waals surface area contributed by atoms with Crippen LogP contribution in [-0.4, -0.2) is 16.1 Å². The summed E-state index contributed by atoms with van der Waals surface area (Å²) in [4.78, 5) is 15.6. The van der Waals surface area contributed by atoms with Crippen LogP contribution in [0, 0.1) is 5.82 Å². The molecule has 0 radical (unpaired) electrons. The third-order valence-corrected chi connectivity index (χ3v) is 5.84. The number of hydrogen-bond donors (Lipinski definition) is 1. The van der Waals surface area contributed by atoms with Crippen LogP contribution in [0.1, 0.15) is 46.6 Å². The molecule has 30 heavy (non-hydrogen) atoms. The van der Waals surface area contributed by atoms with Crippen LogP contribution in [0.5, 0.6) is 5.75 Å². The van der Waals surface area contributed by atoms with Crippen LogP contribution >= 0.6 is 15.9 Å². The lowest BCUT2D eigenvalue weighted by atomic mass is 9.99. The molecule has 0 amide bonds. The fourth-order valence-corrected chi connectivity index (χ4v) is 4.15. The van der Waals surface area contributed by atoms with E-state index in [1.165, 1.54) is 18.2 Å². The van der Waals surface area contributed by atoms with Gasteiger partial charge in [-0.3, -0.25) is 0 Å². The highest BCUT2D eigenvalue weighted by Crippen LogP contribution is 2.42. The van der Waals surface area contributed by atoms with Crippen LogP contribution < -0.4 is 4.74 Å². The molecule has 0 spiro atoms. The molecular weight excluding hydrogens is 449 g/mol. The fraction of sp³-hybridized carbons (Fsp3) is 0.167. The molecule has 1 aliphatic carbocycles. The van der Waals surface area contributed by atoms with Crippen molar-refractivity contribution in [3.63, 3.8) is 0 Å². The molecule has 4 nitrogen and oxygen atoms in total. The number of carbonyl (C=O) groups is 1. The Labute approximate surface area is 182 Å². The van der Waals surface area contributed by atoms with E-state index in [9.17, 15) is 14.3 Å². The van der Waals surface area contributed by atoms with Crippen molar-refractivity contribution in [2.45, 2.75) is 25.9 Å². The third kappa shape index (κ3) is 4.28. The quantitative estimate of drug-likeness (QED) is 0.458. The van der Waals surface area contributed by atoms with Crippen molar-refractivity contribution in [3.8, 4) is 5.75 Å². The summed E-state index contributed by atoms with van der Waals surface area (Å²) in [6.07, 6.45) is 2.68. The molecule has 0 unspecified atom stereocenters. The number of benzene rings is 2. The number of nitrogens with zero attached hydrogens (tertiary/aromatic N) is 1. The van der Waals surface area contributed by atoms with E-state index in [0.717, 1.165) is 47.3 Å². The van der Waals surface area contributed by atoms with E-state index < -0.39 is 5.97 Å². The number of pyridine rings is 1. The van der Waals surface area contributed by atoms with Gasteiger partial charge in [-0.2, -0.15) is 0 Å². The Balaban J connectivity index is 1.67. The lowest BCUT2D eigenvalue weighted by Gasteiger charge is -2.15. The molecule has 1 aliphatic rings. The summed E-state index contributed by atoms with van der Waals surface area (Å²) in [5.74, 6) is -0.606. The average molecular weight is 468 g/mol. The summed E-state index contributed by atoms with van der Waals surface area (Å²) in [6.45, 7) is 0.299. The van der Waals surface area contributed by atoms with E-state index >= 15 is 0 Å². The number of para-hydroxylation sites is 1. The molecule has 0 atom stereocenters. The normalized spacial score (nSPS) is 13.5. The summed E-state index contributed by atoms with van der Waals surface area (Å²) in [6, 6.07) is 17.4. The standard InChI is InChI=1S/C24H19BrFNO3/c25-20-13-16(26)12-11-15(20)14-30-23-10-2-1-5-19(23)17-6-3-7-18(17)21-8-4-9-22(27-21)24(28)29/h1-2,4-5,8-13H,3,6-7,14H2,(H,28,29). The van der Waals surface area contributed by atoms with Gasteiger partial charge >= 0.3 is 5.97 Å². The van der Waals surface area contributed by atoms with Gasteiger partial charge in [-0.1, -0.05) is 46.3 Å². The molecule has 1 N–H and O–H groups in total. The Hall–Kier alpha value is -2.99. The predicted octanol–water partition coefficient (Wildman–Crippen LogP) is 6.36. The number of carboxylic acid groups (broad SMARTS) is 1. The average Bonchev–Trinajstić information content (AvgIpc) is 3.23. The molecule has 4 rings (SSSR count). The number of aromatic nitrogens is 1. The zero-order chi connectivity index (χ0) is 21.1. The number of rotatable bonds is 6. The van der Waals surface area contributed by atoms with E-state index in [1.54, 1.807) is 12.1 Å². The maximum absolute atomic E-state index is 13.3. The zero-order valence-corrected chi connectivity index (χ0v) is 17.7. The Kier molecular flexibility index (Phi) is 5.95. The van der Waals surface area contributed by atoms with Crippen LogP contribution in [0.4, 0.5) is 4.39 Å². The van der Waals surface area contributed by atoms with Crippen LogP contribution in [0.3, 0.4) is 0 Å². The van der Waals surface area contributed by atoms with Crippen LogP contribution in [-0.2, 0) is 6.61 Å². The van der Waals surface area contributed by atoms with E-state index in [4.69, 9.17) is 4.74 Å². The largest absolute Gasteiger partial charge is 0.488 e. The molecular formula is C24H19BrFNO3. The second-order valence-electron chi connectivity index (χ2n) is 7.04. The van der Waals surface area contributed by atoms with Gasteiger partial charge in [0, 0.05) is 15.6 Å². The van der Waals surface area contributed by atoms with Crippen LogP contribution in [0.15, 0.2) is 65.1 Å². The minimum absolute atomic E-state index is 0.0388. The number of aromatic carboxylic acids is 1. The smallest absolute Gasteiger partial charge is 0.354 e. The molecule has 1 heterocycles. The highest BCUT2D eigenvalue weighted by atomic mass is 79.9. The monoisotopic (exact) mass is 467 g/mol. The lowest BCUT2D eigenvalue weighted by Crippen LogP contribution is -2.03. The number of halogens is 2. The van der Waals surface area contributed by atoms with Gasteiger partial charge in [-0.25, -0.2) is 14.2 Å². The molecule has 0 saturated heterocycles. The number of allylic oxidation sites excluding steroid dienone is 2. The SMILES string of the molecule is O=C(O)c1cccc(C2=C(c3ccccc3OCc3ccc(F)cc3Br)CCC2)n1. The molecule has 1 aromatic heterocycles. The van der Waals surface area contributed by atoms with Crippen molar-refractivity contribution in [1.82, 2.24) is 4.98 Å². The molecule has 0 saturated carbocycles. The Morgan fingerprint density at radius 2 is 1.87 bits per heavy atom. The van der Waals surface area contributed by atoms with Gasteiger partial charge in [-0.05, 0) is 60.7 Å². The van der Waals surface area contributed by atoms with Crippen molar-refractivity contribution in [3.05, 3.63) is 93.5 Å². The number of carboxylic acids is 1. The summed E-state index contributed by atoms with van der Waals surface area (Å²) in [5, 5.41) is 9.27. The van der Waals surface area contributed by atoms with Crippen molar-refractivity contribution in [1.29, 1.82) is 0 Å². The van der Waals surface area contributed by atoms with Gasteiger partial charge in [0.2, 0.25) is 0 Å². The maximum Gasteiger partial charge on any atom is 0.354 e. The van der Waals surface area contributed by atoms with Gasteiger partial charge in [-0.15, -0.1) is 0 Å². The predicted molar refractivity (Wildman–Crippen MR) is 117 cm³/mol. The summed E-state index contributed by atoms with van der Waals surface area (Å²) in [5.41, 5.74) is 4.74. The van der Waals surface area contributed by atoms with Gasteiger partial charge < -0.3 is 9.84 Å². The minimum Gasteiger partial charge on any atom is -0.488 e. The zero-order valence-electron chi connectivity index (χ0n) is 16.1. The summed E-state index contributed by atoms with van der Waals surface area (Å²) in [7, 11) is 0. The first kappa shape index (κ1) is 20.3. The fourth-order valence-electron chi connectivity index (χ4n) is 3.68. The van der Waals surface area contributed by atoms with E-state index in [0.29, 0.717) is 16.8 Å². The van der Waals surface area contributed by atoms with Gasteiger partial charge in [0.15, 0.2) is 0 Å². The molecule has 6 heteroatoms. The van der Waals surface area contributed by atoms with E-state index in [1.807, 2.05) is 30.3 Å². The summed E-state index contributed by atoms with van der Waals surface area (Å²) < 4.78 is 20.1. The van der Waals surface area contributed by atoms with Crippen molar-refractivity contribution in [2.75, 3.05) is 0 Å². The number of ether oxygens (including phenoxy) is 1. The Morgan fingerprint density at radius 3 is 2.67 bits per heavy atom. The Morgan fingerprint density at radius 1 is 1.07 bits per heavy atom. The minimum atomic E-state index is -1.04. The second kappa shape index (κ2) is 8.79. The molecule has 2 aromatic carbocycles. The Bertz CT molecular complexity index is 1140. The van der Waals surface area contributed by atoms with Crippen molar-refractivity contribution in [2.24, 2.45) is 0 Å². The summed E-state index contributed by atoms with van der Waals surface area (Å²) >= 11 is 3.38. The molecule has 3 aromatic rings. The van der Waals surface area contributed by atoms with Gasteiger partial charge in [0.05, 0.1) is 5.69 Å². The first-order chi connectivity index (χ1) is 14.5. The van der Waals surface area contributed by atoms with Gasteiger partial charge in [0.1, 0.15) is 23.9 Å². The first-order valence-corrected chi connectivity index (χ1v) is 10.4. The maximum atomic E-state index is 13.3. The van der Waals surface area contributed by atoms with E-state index in [-0.39, 0.29) is 11.5 Å². The molecule has 0 bridgehead atoms. The van der Waals surface area contributed by atoms with Crippen LogP contribution in [0.25, 0.3) is 11.1 Å². The van der Waals surface area contributed by atoms with Gasteiger partial charge in [0.25, 0.3) is 0 Å². The highest BCUT2D eigenvalue weighted by molar-refractivity contribution is 9.10. The molecule has 0 fully saturated rings. The van der Waals surface area contributed by atoms with E-state index in [2.05, 4.69) is 20.9 Å². The van der Waals surface area contributed by atoms with Crippen molar-refractivity contribution >= 4 is 33.0 Å². The molecule has 0 aliphatic heterocycles. The number of hydrogen-bond acceptors (Lipinski definition) is 3.